The Bertz CT molecular complexity index is 988. The molecule has 0 aliphatic carbocycles. The Morgan fingerprint density at radius 2 is 1.54 bits per heavy atom. The molecular formula is C19H17ClN2O4S2. The number of halogens is 1. The van der Waals surface area contributed by atoms with E-state index < -0.39 is 33.5 Å². The Kier molecular flexibility index (Phi) is 6.12. The summed E-state index contributed by atoms with van der Waals surface area (Å²) in [6.45, 7) is 0. The maximum atomic E-state index is 12.9. The average Bonchev–Trinajstić information content (AvgIpc) is 2.62. The highest BCUT2D eigenvalue weighted by Gasteiger charge is 2.41. The fraction of sp³-hybridized carbons (Fsp3) is 0.211. The topological polar surface area (TPSA) is 92.3 Å². The van der Waals surface area contributed by atoms with Crippen LogP contribution in [0, 0.1) is 5.92 Å². The lowest BCUT2D eigenvalue weighted by atomic mass is 9.85. The van der Waals surface area contributed by atoms with Gasteiger partial charge in [-0.1, -0.05) is 54.1 Å². The van der Waals surface area contributed by atoms with Crippen molar-refractivity contribution < 1.29 is 18.0 Å². The second-order valence-corrected chi connectivity index (χ2v) is 9.44. The quantitative estimate of drug-likeness (QED) is 0.535. The molecule has 2 N–H and O–H groups in total. The summed E-state index contributed by atoms with van der Waals surface area (Å²) >= 11 is 10.7. The van der Waals surface area contributed by atoms with E-state index in [2.05, 4.69) is 10.6 Å². The lowest BCUT2D eigenvalue weighted by molar-refractivity contribution is -0.135. The van der Waals surface area contributed by atoms with Gasteiger partial charge < -0.3 is 10.6 Å². The van der Waals surface area contributed by atoms with Crippen LogP contribution in [0.25, 0.3) is 0 Å². The third kappa shape index (κ3) is 4.95. The van der Waals surface area contributed by atoms with Gasteiger partial charge in [0.25, 0.3) is 0 Å². The molecule has 0 bridgehead atoms. The summed E-state index contributed by atoms with van der Waals surface area (Å²) in [6.07, 6.45) is 0. The standard InChI is InChI=1S/C19H17ClN2O4S2/c20-14-8-6-12(7-9-14)10-28(25,26)11-15(13-4-2-1-3-5-13)16-17(23)21-19(27)22-18(16)24/h1-9,15-16H,10-11H2,(H2,21,22,23,24,27). The number of amides is 2. The first-order chi connectivity index (χ1) is 13.2. The number of hydrogen-bond acceptors (Lipinski definition) is 5. The van der Waals surface area contributed by atoms with Gasteiger partial charge in [-0.3, -0.25) is 9.59 Å². The smallest absolute Gasteiger partial charge is 0.239 e. The average molecular weight is 437 g/mol. The molecule has 1 aliphatic rings. The molecule has 0 saturated carbocycles. The van der Waals surface area contributed by atoms with E-state index in [0.717, 1.165) is 0 Å². The molecule has 9 heteroatoms. The van der Waals surface area contributed by atoms with Crippen LogP contribution in [0.15, 0.2) is 54.6 Å². The molecule has 0 aromatic heterocycles. The number of rotatable bonds is 6. The van der Waals surface area contributed by atoms with Crippen LogP contribution in [0.3, 0.4) is 0 Å². The number of sulfone groups is 1. The molecule has 2 amide bonds. The fourth-order valence-corrected chi connectivity index (χ4v) is 5.22. The van der Waals surface area contributed by atoms with Crippen molar-refractivity contribution in [2.75, 3.05) is 5.75 Å². The molecule has 0 radical (unpaired) electrons. The molecule has 1 aliphatic heterocycles. The maximum absolute atomic E-state index is 12.9. The molecule has 1 fully saturated rings. The predicted molar refractivity (Wildman–Crippen MR) is 110 cm³/mol. The van der Waals surface area contributed by atoms with Crippen LogP contribution in [0.2, 0.25) is 5.02 Å². The van der Waals surface area contributed by atoms with E-state index in [9.17, 15) is 18.0 Å². The van der Waals surface area contributed by atoms with Crippen LogP contribution in [0.5, 0.6) is 0 Å². The van der Waals surface area contributed by atoms with Crippen molar-refractivity contribution in [3.05, 3.63) is 70.7 Å². The number of benzene rings is 2. The molecule has 2 aromatic rings. The predicted octanol–water partition coefficient (Wildman–Crippen LogP) is 2.19. The van der Waals surface area contributed by atoms with Crippen LogP contribution in [-0.4, -0.2) is 31.1 Å². The molecule has 28 heavy (non-hydrogen) atoms. The highest BCUT2D eigenvalue weighted by Crippen LogP contribution is 2.29. The minimum Gasteiger partial charge on any atom is -0.302 e. The van der Waals surface area contributed by atoms with Crippen LogP contribution < -0.4 is 10.6 Å². The van der Waals surface area contributed by atoms with Gasteiger partial charge in [-0.2, -0.15) is 0 Å². The Morgan fingerprint density at radius 3 is 2.11 bits per heavy atom. The Morgan fingerprint density at radius 1 is 0.964 bits per heavy atom. The molecule has 1 heterocycles. The first kappa shape index (κ1) is 20.4. The van der Waals surface area contributed by atoms with Gasteiger partial charge in [0.05, 0.1) is 11.5 Å². The van der Waals surface area contributed by atoms with E-state index in [0.29, 0.717) is 16.1 Å². The Balaban J connectivity index is 1.91. The van der Waals surface area contributed by atoms with Crippen molar-refractivity contribution in [1.82, 2.24) is 10.6 Å². The van der Waals surface area contributed by atoms with E-state index >= 15 is 0 Å². The van der Waals surface area contributed by atoms with Gasteiger partial charge in [-0.05, 0) is 35.5 Å². The first-order valence-electron chi connectivity index (χ1n) is 8.41. The largest absolute Gasteiger partial charge is 0.302 e. The van der Waals surface area contributed by atoms with E-state index in [1.54, 1.807) is 54.6 Å². The van der Waals surface area contributed by atoms with Crippen molar-refractivity contribution in [1.29, 1.82) is 0 Å². The first-order valence-corrected chi connectivity index (χ1v) is 11.0. The number of carbonyl (C=O) groups excluding carboxylic acids is 2. The van der Waals surface area contributed by atoms with Gasteiger partial charge >= 0.3 is 0 Å². The summed E-state index contributed by atoms with van der Waals surface area (Å²) in [7, 11) is -3.64. The van der Waals surface area contributed by atoms with Crippen LogP contribution in [-0.2, 0) is 25.2 Å². The Hall–Kier alpha value is -2.29. The Labute approximate surface area is 173 Å². The zero-order valence-corrected chi connectivity index (χ0v) is 17.0. The zero-order valence-electron chi connectivity index (χ0n) is 14.6. The van der Waals surface area contributed by atoms with Crippen LogP contribution in [0.1, 0.15) is 17.0 Å². The van der Waals surface area contributed by atoms with Crippen molar-refractivity contribution in [3.63, 3.8) is 0 Å². The van der Waals surface area contributed by atoms with Gasteiger partial charge in [-0.25, -0.2) is 8.42 Å². The molecule has 146 valence electrons. The zero-order chi connectivity index (χ0) is 20.3. The third-order valence-corrected chi connectivity index (χ3v) is 6.50. The summed E-state index contributed by atoms with van der Waals surface area (Å²) in [5.41, 5.74) is 1.17. The minimum atomic E-state index is -3.64. The van der Waals surface area contributed by atoms with Gasteiger partial charge in [0.2, 0.25) is 11.8 Å². The van der Waals surface area contributed by atoms with Crippen molar-refractivity contribution in [2.45, 2.75) is 11.7 Å². The number of thiocarbonyl (C=S) groups is 1. The molecule has 1 unspecified atom stereocenters. The van der Waals surface area contributed by atoms with Crippen molar-refractivity contribution in [3.8, 4) is 0 Å². The van der Waals surface area contributed by atoms with Crippen LogP contribution >= 0.6 is 23.8 Å². The highest BCUT2D eigenvalue weighted by molar-refractivity contribution is 7.90. The van der Waals surface area contributed by atoms with Gasteiger partial charge in [0.1, 0.15) is 5.92 Å². The monoisotopic (exact) mass is 436 g/mol. The maximum Gasteiger partial charge on any atom is 0.239 e. The third-order valence-electron chi connectivity index (χ3n) is 4.40. The van der Waals surface area contributed by atoms with E-state index in [1.807, 2.05) is 0 Å². The summed E-state index contributed by atoms with van der Waals surface area (Å²) < 4.78 is 25.7. The van der Waals surface area contributed by atoms with E-state index in [1.165, 1.54) is 0 Å². The SMILES string of the molecule is O=C1NC(=S)NC(=O)C1C(CS(=O)(=O)Cc1ccc(Cl)cc1)c1ccccc1. The molecule has 2 aromatic carbocycles. The number of carbonyl (C=O) groups is 2. The van der Waals surface area contributed by atoms with Gasteiger partial charge in [0, 0.05) is 10.9 Å². The molecule has 1 saturated heterocycles. The van der Waals surface area contributed by atoms with Crippen LogP contribution in [0.4, 0.5) is 0 Å². The highest BCUT2D eigenvalue weighted by atomic mass is 35.5. The lowest BCUT2D eigenvalue weighted by Gasteiger charge is -2.29. The minimum absolute atomic E-state index is 0.0814. The number of hydrogen-bond donors (Lipinski definition) is 2. The second-order valence-electron chi connectivity index (χ2n) is 6.48. The molecule has 6 nitrogen and oxygen atoms in total. The van der Waals surface area contributed by atoms with Crippen molar-refractivity contribution in [2.24, 2.45) is 5.92 Å². The van der Waals surface area contributed by atoms with E-state index in [-0.39, 0.29) is 16.6 Å². The second kappa shape index (κ2) is 8.38. The summed E-state index contributed by atoms with van der Waals surface area (Å²) in [6, 6.07) is 15.2. The molecule has 1 atom stereocenters. The molecular weight excluding hydrogens is 420 g/mol. The van der Waals surface area contributed by atoms with Gasteiger partial charge in [-0.15, -0.1) is 0 Å². The molecule has 0 spiro atoms. The fourth-order valence-electron chi connectivity index (χ4n) is 3.15. The summed E-state index contributed by atoms with van der Waals surface area (Å²) in [5, 5.41) is 5.23. The van der Waals surface area contributed by atoms with Gasteiger partial charge in [0.15, 0.2) is 14.9 Å². The number of nitrogens with one attached hydrogen (secondary N) is 2. The molecule has 3 rings (SSSR count). The summed E-state index contributed by atoms with van der Waals surface area (Å²) in [5.74, 6) is -3.84. The van der Waals surface area contributed by atoms with Crippen molar-refractivity contribution >= 4 is 50.6 Å². The van der Waals surface area contributed by atoms with E-state index in [4.69, 9.17) is 23.8 Å². The normalized spacial score (nSPS) is 16.4. The summed E-state index contributed by atoms with van der Waals surface area (Å²) in [4.78, 5) is 24.9. The lowest BCUT2D eigenvalue weighted by Crippen LogP contribution is -2.57.